The largest absolute Gasteiger partial charge is 0.444 e. The first-order chi connectivity index (χ1) is 13.3. The molecule has 1 unspecified atom stereocenters. The minimum Gasteiger partial charge on any atom is -0.444 e. The molecule has 1 aliphatic heterocycles. The molecule has 10 heteroatoms. The van der Waals surface area contributed by atoms with Gasteiger partial charge in [0.2, 0.25) is 0 Å². The standard InChI is InChI=1S/C18H18F3N5O2/c19-12-4-5-26(8-12)16-14(20)6-11(7-24-16)13-3-1-2-10(15(13)21)9-28-18(27)25-17(22)23/h1-3,6-7,12H,4-5,8-9H2,(H4,22,23,25,27). The van der Waals surface area contributed by atoms with Gasteiger partial charge in [0.15, 0.2) is 17.6 Å². The van der Waals surface area contributed by atoms with E-state index in [1.165, 1.54) is 29.3 Å². The van der Waals surface area contributed by atoms with Gasteiger partial charge in [-0.15, -0.1) is 0 Å². The van der Waals surface area contributed by atoms with Gasteiger partial charge in [0.1, 0.15) is 18.6 Å². The van der Waals surface area contributed by atoms with Crippen molar-refractivity contribution in [3.05, 3.63) is 47.7 Å². The number of nitrogens with two attached hydrogens (primary N) is 1. The number of nitrogens with zero attached hydrogens (tertiary/aromatic N) is 2. The van der Waals surface area contributed by atoms with E-state index in [1.54, 1.807) is 0 Å². The number of nitrogens with one attached hydrogen (secondary N) is 2. The molecule has 3 rings (SSSR count). The van der Waals surface area contributed by atoms with E-state index in [2.05, 4.69) is 4.98 Å². The summed E-state index contributed by atoms with van der Waals surface area (Å²) in [5.41, 5.74) is 5.34. The van der Waals surface area contributed by atoms with Crippen LogP contribution in [0.15, 0.2) is 30.5 Å². The summed E-state index contributed by atoms with van der Waals surface area (Å²) in [5, 5.41) is 8.84. The van der Waals surface area contributed by atoms with Gasteiger partial charge in [-0.3, -0.25) is 10.7 Å². The number of benzene rings is 1. The number of alkyl carbamates (subject to hydrolysis) is 1. The second-order valence-electron chi connectivity index (χ2n) is 6.25. The molecule has 0 aliphatic carbocycles. The predicted molar refractivity (Wildman–Crippen MR) is 96.5 cm³/mol. The Morgan fingerprint density at radius 2 is 2.21 bits per heavy atom. The third-order valence-electron chi connectivity index (χ3n) is 4.24. The highest BCUT2D eigenvalue weighted by Gasteiger charge is 2.25. The van der Waals surface area contributed by atoms with E-state index in [4.69, 9.17) is 15.9 Å². The van der Waals surface area contributed by atoms with Crippen molar-refractivity contribution in [1.82, 2.24) is 10.3 Å². The fourth-order valence-corrected chi connectivity index (χ4v) is 2.92. The van der Waals surface area contributed by atoms with Crippen molar-refractivity contribution in [3.8, 4) is 11.1 Å². The molecule has 1 saturated heterocycles. The summed E-state index contributed by atoms with van der Waals surface area (Å²) in [6, 6.07) is 5.51. The van der Waals surface area contributed by atoms with E-state index in [9.17, 15) is 18.0 Å². The van der Waals surface area contributed by atoms with Crippen LogP contribution in [-0.4, -0.2) is 36.3 Å². The summed E-state index contributed by atoms with van der Waals surface area (Å²) in [6.45, 7) is 0.0408. The number of pyridine rings is 1. The molecule has 0 saturated carbocycles. The van der Waals surface area contributed by atoms with Gasteiger partial charge in [0.05, 0.1) is 6.54 Å². The number of guanidine groups is 1. The molecule has 0 bridgehead atoms. The maximum absolute atomic E-state index is 14.8. The first-order valence-electron chi connectivity index (χ1n) is 8.45. The quantitative estimate of drug-likeness (QED) is 0.547. The Balaban J connectivity index is 1.79. The molecule has 4 N–H and O–H groups in total. The minimum atomic E-state index is -1.02. The summed E-state index contributed by atoms with van der Waals surface area (Å²) in [6.07, 6.45) is -0.381. The van der Waals surface area contributed by atoms with Gasteiger partial charge in [-0.1, -0.05) is 18.2 Å². The van der Waals surface area contributed by atoms with E-state index in [0.29, 0.717) is 13.0 Å². The van der Waals surface area contributed by atoms with Crippen molar-refractivity contribution in [2.24, 2.45) is 5.73 Å². The molecule has 1 amide bonds. The van der Waals surface area contributed by atoms with Gasteiger partial charge in [0, 0.05) is 29.4 Å². The van der Waals surface area contributed by atoms with Gasteiger partial charge in [-0.05, 0) is 12.5 Å². The molecule has 7 nitrogen and oxygen atoms in total. The van der Waals surface area contributed by atoms with Crippen molar-refractivity contribution in [2.45, 2.75) is 19.2 Å². The monoisotopic (exact) mass is 393 g/mol. The lowest BCUT2D eigenvalue weighted by Gasteiger charge is -2.17. The van der Waals surface area contributed by atoms with Gasteiger partial charge in [0.25, 0.3) is 0 Å². The lowest BCUT2D eigenvalue weighted by Crippen LogP contribution is -2.36. The van der Waals surface area contributed by atoms with Gasteiger partial charge >= 0.3 is 6.09 Å². The van der Waals surface area contributed by atoms with Crippen LogP contribution >= 0.6 is 0 Å². The fourth-order valence-electron chi connectivity index (χ4n) is 2.92. The predicted octanol–water partition coefficient (Wildman–Crippen LogP) is 2.69. The molecule has 148 valence electrons. The van der Waals surface area contributed by atoms with E-state index >= 15 is 0 Å². The molecule has 0 radical (unpaired) electrons. The molecule has 28 heavy (non-hydrogen) atoms. The molecule has 0 spiro atoms. The van der Waals surface area contributed by atoms with Crippen LogP contribution in [-0.2, 0) is 11.3 Å². The number of ether oxygens (including phenoxy) is 1. The Labute approximate surface area is 158 Å². The minimum absolute atomic E-state index is 0.0321. The highest BCUT2D eigenvalue weighted by Crippen LogP contribution is 2.29. The van der Waals surface area contributed by atoms with Gasteiger partial charge in [-0.2, -0.15) is 0 Å². The summed E-state index contributed by atoms with van der Waals surface area (Å²) >= 11 is 0. The third-order valence-corrected chi connectivity index (χ3v) is 4.24. The normalized spacial score (nSPS) is 16.1. The SMILES string of the molecule is N=C(N)NC(=O)OCc1cccc(-c2cnc(N3CCC(F)C3)c(F)c2)c1F. The highest BCUT2D eigenvalue weighted by atomic mass is 19.1. The molecule has 1 aromatic carbocycles. The van der Waals surface area contributed by atoms with Crippen LogP contribution < -0.4 is 16.0 Å². The van der Waals surface area contributed by atoms with Crippen molar-refractivity contribution in [1.29, 1.82) is 5.41 Å². The molecular formula is C18H18F3N5O2. The second kappa shape index (κ2) is 8.15. The Bertz CT molecular complexity index is 909. The second-order valence-corrected chi connectivity index (χ2v) is 6.25. The number of anilines is 1. The third kappa shape index (κ3) is 4.33. The van der Waals surface area contributed by atoms with E-state index < -0.39 is 36.5 Å². The van der Waals surface area contributed by atoms with Crippen LogP contribution in [0.4, 0.5) is 23.8 Å². The highest BCUT2D eigenvalue weighted by molar-refractivity contribution is 5.90. The number of rotatable bonds is 4. The fraction of sp³-hybridized carbons (Fsp3) is 0.278. The number of carbonyl (C=O) groups is 1. The summed E-state index contributed by atoms with van der Waals surface area (Å²) in [4.78, 5) is 16.9. The first kappa shape index (κ1) is 19.5. The Kier molecular flexibility index (Phi) is 5.67. The molecular weight excluding hydrogens is 375 g/mol. The molecule has 1 aromatic heterocycles. The summed E-state index contributed by atoms with van der Waals surface area (Å²) in [5.74, 6) is -1.94. The maximum Gasteiger partial charge on any atom is 0.414 e. The Hall–Kier alpha value is -3.30. The maximum atomic E-state index is 14.8. The van der Waals surface area contributed by atoms with Crippen LogP contribution in [0.3, 0.4) is 0 Å². The Morgan fingerprint density at radius 3 is 2.86 bits per heavy atom. The van der Waals surface area contributed by atoms with Crippen LogP contribution in [0, 0.1) is 17.0 Å². The van der Waals surface area contributed by atoms with Crippen molar-refractivity contribution < 1.29 is 22.7 Å². The van der Waals surface area contributed by atoms with Crippen molar-refractivity contribution in [2.75, 3.05) is 18.0 Å². The zero-order chi connectivity index (χ0) is 20.3. The first-order valence-corrected chi connectivity index (χ1v) is 8.45. The molecule has 2 heterocycles. The molecule has 1 fully saturated rings. The van der Waals surface area contributed by atoms with Crippen LogP contribution in [0.2, 0.25) is 0 Å². The average molecular weight is 393 g/mol. The van der Waals surface area contributed by atoms with Crippen molar-refractivity contribution >= 4 is 17.9 Å². The number of halogens is 3. The van der Waals surface area contributed by atoms with Crippen LogP contribution in [0.1, 0.15) is 12.0 Å². The smallest absolute Gasteiger partial charge is 0.414 e. The van der Waals surface area contributed by atoms with Gasteiger partial charge in [-0.25, -0.2) is 22.9 Å². The Morgan fingerprint density at radius 1 is 1.43 bits per heavy atom. The number of alkyl halides is 1. The lowest BCUT2D eigenvalue weighted by atomic mass is 10.0. The van der Waals surface area contributed by atoms with Crippen LogP contribution in [0.5, 0.6) is 0 Å². The summed E-state index contributed by atoms with van der Waals surface area (Å²) in [7, 11) is 0. The molecule has 2 aromatic rings. The number of carbonyl (C=O) groups excluding carboxylic acids is 1. The van der Waals surface area contributed by atoms with Gasteiger partial charge < -0.3 is 15.4 Å². The van der Waals surface area contributed by atoms with E-state index in [-0.39, 0.29) is 29.1 Å². The average Bonchev–Trinajstić information content (AvgIpc) is 3.06. The topological polar surface area (TPSA) is 104 Å². The summed E-state index contributed by atoms with van der Waals surface area (Å²) < 4.78 is 47.4. The van der Waals surface area contributed by atoms with Crippen molar-refractivity contribution in [3.63, 3.8) is 0 Å². The number of hydrogen-bond donors (Lipinski definition) is 3. The number of aromatic nitrogens is 1. The number of amides is 1. The van der Waals surface area contributed by atoms with E-state index in [1.807, 2.05) is 5.32 Å². The number of hydrogen-bond acceptors (Lipinski definition) is 5. The van der Waals surface area contributed by atoms with E-state index in [0.717, 1.165) is 6.07 Å². The molecule has 1 aliphatic rings. The van der Waals surface area contributed by atoms with Crippen LogP contribution in [0.25, 0.3) is 11.1 Å². The molecule has 1 atom stereocenters. The lowest BCUT2D eigenvalue weighted by molar-refractivity contribution is 0.143. The zero-order valence-electron chi connectivity index (χ0n) is 14.7. The zero-order valence-corrected chi connectivity index (χ0v) is 14.7.